The maximum Gasteiger partial charge on any atom is 0.482 e. The van der Waals surface area contributed by atoms with Crippen LogP contribution in [0.15, 0.2) is 12.4 Å². The smallest absolute Gasteiger partial charge is 0.449 e. The summed E-state index contributed by atoms with van der Waals surface area (Å²) in [5, 5.41) is 0. The number of rotatable bonds is 3. The van der Waals surface area contributed by atoms with Crippen molar-refractivity contribution in [2.24, 2.45) is 0 Å². The van der Waals surface area contributed by atoms with Crippen LogP contribution in [0.5, 0.6) is 0 Å². The zero-order chi connectivity index (χ0) is 10.8. The topological polar surface area (TPSA) is 42.9 Å². The molecule has 1 aromatic rings. The predicted octanol–water partition coefficient (Wildman–Crippen LogP) is 1.61. The van der Waals surface area contributed by atoms with Crippen molar-refractivity contribution in [2.75, 3.05) is 0 Å². The van der Waals surface area contributed by atoms with Gasteiger partial charge in [-0.3, -0.25) is 4.79 Å². The van der Waals surface area contributed by atoms with E-state index in [1.165, 1.54) is 6.92 Å². The minimum Gasteiger partial charge on any atom is -0.449 e. The van der Waals surface area contributed by atoms with Gasteiger partial charge in [0.2, 0.25) is 0 Å². The van der Waals surface area contributed by atoms with Gasteiger partial charge in [0.1, 0.15) is 0 Å². The van der Waals surface area contributed by atoms with Crippen molar-refractivity contribution in [3.8, 4) is 0 Å². The van der Waals surface area contributed by atoms with Gasteiger partial charge in [-0.1, -0.05) is 6.32 Å². The first-order valence-corrected chi connectivity index (χ1v) is 3.91. The van der Waals surface area contributed by atoms with Gasteiger partial charge in [-0.25, -0.2) is 9.97 Å². The summed E-state index contributed by atoms with van der Waals surface area (Å²) in [6.45, 7) is -3.62. The van der Waals surface area contributed by atoms with Crippen molar-refractivity contribution in [1.82, 2.24) is 9.97 Å². The largest absolute Gasteiger partial charge is 0.482 e. The highest BCUT2D eigenvalue weighted by Crippen LogP contribution is 2.14. The lowest BCUT2D eigenvalue weighted by Gasteiger charge is -2.12. The molecule has 1 rings (SSSR count). The first-order chi connectivity index (χ1) is 6.38. The average Bonchev–Trinajstić information content (AvgIpc) is 2.02. The zero-order valence-electron chi connectivity index (χ0n) is 7.38. The van der Waals surface area contributed by atoms with Gasteiger partial charge in [0.15, 0.2) is 11.6 Å². The molecule has 0 aliphatic carbocycles. The summed E-state index contributed by atoms with van der Waals surface area (Å²) in [6, 6.07) is 0. The highest BCUT2D eigenvalue weighted by Gasteiger charge is 2.23. The third kappa shape index (κ3) is 3.16. The van der Waals surface area contributed by atoms with Gasteiger partial charge in [0.05, 0.1) is 0 Å². The Labute approximate surface area is 78.4 Å². The van der Waals surface area contributed by atoms with Crippen LogP contribution in [0.3, 0.4) is 0 Å². The van der Waals surface area contributed by atoms with Crippen LogP contribution in [0.1, 0.15) is 23.1 Å². The van der Waals surface area contributed by atoms with Crippen molar-refractivity contribution in [2.45, 2.75) is 13.2 Å². The van der Waals surface area contributed by atoms with Crippen LogP contribution in [0.2, 0.25) is 0 Å². The lowest BCUT2D eigenvalue weighted by Crippen LogP contribution is -2.19. The molecule has 1 aromatic heterocycles. The van der Waals surface area contributed by atoms with Crippen LogP contribution >= 0.6 is 0 Å². The van der Waals surface area contributed by atoms with Crippen LogP contribution in [0.25, 0.3) is 0 Å². The minimum atomic E-state index is -4.88. The molecule has 3 nitrogen and oxygen atoms in total. The molecule has 1 heterocycles. The van der Waals surface area contributed by atoms with E-state index < -0.39 is 13.3 Å². The first kappa shape index (κ1) is 10.7. The second-order valence-corrected chi connectivity index (χ2v) is 2.89. The molecule has 0 spiro atoms. The Morgan fingerprint density at radius 2 is 1.86 bits per heavy atom. The van der Waals surface area contributed by atoms with Crippen molar-refractivity contribution in [1.29, 1.82) is 0 Å². The summed E-state index contributed by atoms with van der Waals surface area (Å²) in [6.07, 6.45) is 1.04. The molecule has 0 amide bonds. The molecule has 0 unspecified atom stereocenters. The van der Waals surface area contributed by atoms with Crippen molar-refractivity contribution in [3.63, 3.8) is 0 Å². The molecular weight excluding hydrogens is 196 g/mol. The van der Waals surface area contributed by atoms with Crippen molar-refractivity contribution >= 4 is 12.8 Å². The Hall–Kier alpha value is -1.40. The van der Waals surface area contributed by atoms with E-state index >= 15 is 0 Å². The average molecular weight is 203 g/mol. The molecule has 0 aromatic carbocycles. The van der Waals surface area contributed by atoms with Gasteiger partial charge < -0.3 is 12.9 Å². The fraction of sp³-hybridized carbons (Fsp3) is 0.286. The van der Waals surface area contributed by atoms with E-state index in [4.69, 9.17) is 0 Å². The molecule has 7 heteroatoms. The Bertz CT molecular complexity index is 336. The van der Waals surface area contributed by atoms with E-state index in [1.807, 2.05) is 0 Å². The van der Waals surface area contributed by atoms with Gasteiger partial charge in [0, 0.05) is 19.3 Å². The number of hydrogen-bond donors (Lipinski definition) is 0. The van der Waals surface area contributed by atoms with Crippen LogP contribution in [0.4, 0.5) is 12.9 Å². The molecule has 0 fully saturated rings. The Balaban J connectivity index is 2.79. The van der Waals surface area contributed by atoms with Crippen LogP contribution in [0, 0.1) is 0 Å². The first-order valence-electron chi connectivity index (χ1n) is 3.91. The summed E-state index contributed by atoms with van der Waals surface area (Å²) >= 11 is 0. The maximum absolute atomic E-state index is 11.9. The molecule has 0 bridgehead atoms. The summed E-state index contributed by atoms with van der Waals surface area (Å²) in [7, 11) is 0. The van der Waals surface area contributed by atoms with Gasteiger partial charge in [-0.2, -0.15) is 0 Å². The molecule has 0 atom stereocenters. The summed E-state index contributed by atoms with van der Waals surface area (Å²) in [5.74, 6) is -0.433. The lowest BCUT2D eigenvalue weighted by molar-refractivity contribution is 0.100. The molecule has 0 radical (unpaired) electrons. The molecular formula is C7H7BF3N2O-. The molecule has 0 aliphatic heterocycles. The summed E-state index contributed by atoms with van der Waals surface area (Å²) < 4.78 is 35.8. The number of carbonyl (C=O) groups excluding carboxylic acids is 1. The van der Waals surface area contributed by atoms with E-state index in [0.29, 0.717) is 0 Å². The Kier molecular flexibility index (Phi) is 2.88. The summed E-state index contributed by atoms with van der Waals surface area (Å²) in [4.78, 5) is 17.7. The Morgan fingerprint density at radius 3 is 2.21 bits per heavy atom. The highest BCUT2D eigenvalue weighted by atomic mass is 19.4. The molecule has 0 aliphatic rings. The summed E-state index contributed by atoms with van der Waals surface area (Å²) in [5.41, 5.74) is -0.0255. The van der Waals surface area contributed by atoms with E-state index in [1.54, 1.807) is 0 Å². The van der Waals surface area contributed by atoms with E-state index in [-0.39, 0.29) is 17.2 Å². The predicted molar refractivity (Wildman–Crippen MR) is 44.8 cm³/mol. The molecule has 0 N–H and O–H groups in total. The van der Waals surface area contributed by atoms with Crippen LogP contribution in [-0.2, 0) is 6.32 Å². The van der Waals surface area contributed by atoms with Gasteiger partial charge in [-0.15, -0.1) is 0 Å². The normalized spacial score (nSPS) is 11.4. The number of Topliss-reactive ketones (excluding diaryl/α,β-unsaturated/α-hetero) is 1. The van der Waals surface area contributed by atoms with E-state index in [9.17, 15) is 17.7 Å². The monoisotopic (exact) mass is 203 g/mol. The molecule has 0 saturated heterocycles. The number of carbonyl (C=O) groups is 1. The van der Waals surface area contributed by atoms with Crippen LogP contribution < -0.4 is 0 Å². The van der Waals surface area contributed by atoms with E-state index in [0.717, 1.165) is 12.4 Å². The van der Waals surface area contributed by atoms with E-state index in [2.05, 4.69) is 9.97 Å². The number of halogens is 3. The second kappa shape index (κ2) is 3.77. The van der Waals surface area contributed by atoms with Gasteiger partial charge in [-0.05, 0) is 5.56 Å². The standard InChI is InChI=1S/C7H7BF3N2O/c1-5(14)7-12-3-6(4-13-7)2-8(9,10)11/h3-4H,2H2,1H3/q-1. The Morgan fingerprint density at radius 1 is 1.36 bits per heavy atom. The maximum atomic E-state index is 11.9. The lowest BCUT2D eigenvalue weighted by atomic mass is 9.83. The third-order valence-electron chi connectivity index (χ3n) is 1.49. The van der Waals surface area contributed by atoms with Crippen molar-refractivity contribution < 1.29 is 17.7 Å². The number of hydrogen-bond acceptors (Lipinski definition) is 3. The van der Waals surface area contributed by atoms with Gasteiger partial charge >= 0.3 is 6.98 Å². The fourth-order valence-corrected chi connectivity index (χ4v) is 0.909. The molecule has 76 valence electrons. The quantitative estimate of drug-likeness (QED) is 0.553. The number of ketones is 1. The molecule has 14 heavy (non-hydrogen) atoms. The SMILES string of the molecule is CC(=O)c1ncc(C[B-](F)(F)F)cn1. The third-order valence-corrected chi connectivity index (χ3v) is 1.49. The second-order valence-electron chi connectivity index (χ2n) is 2.89. The molecule has 0 saturated carbocycles. The van der Waals surface area contributed by atoms with Crippen LogP contribution in [-0.4, -0.2) is 22.7 Å². The number of aromatic nitrogens is 2. The highest BCUT2D eigenvalue weighted by molar-refractivity contribution is 6.57. The fourth-order valence-electron chi connectivity index (χ4n) is 0.909. The number of nitrogens with zero attached hydrogens (tertiary/aromatic N) is 2. The minimum absolute atomic E-state index is 0.0255. The van der Waals surface area contributed by atoms with Gasteiger partial charge in [0.25, 0.3) is 0 Å². The zero-order valence-corrected chi connectivity index (χ0v) is 7.38. The van der Waals surface area contributed by atoms with Crippen molar-refractivity contribution in [3.05, 3.63) is 23.8 Å².